The molecule has 3 N–H and O–H groups in total. The molecule has 1 amide bonds. The molecule has 30 heavy (non-hydrogen) atoms. The van der Waals surface area contributed by atoms with Gasteiger partial charge in [0.15, 0.2) is 0 Å². The van der Waals surface area contributed by atoms with Gasteiger partial charge in [-0.05, 0) is 55.5 Å². The number of aromatic nitrogens is 2. The summed E-state index contributed by atoms with van der Waals surface area (Å²) in [5.41, 5.74) is 9.30. The summed E-state index contributed by atoms with van der Waals surface area (Å²) in [6.45, 7) is 2.05. The molecule has 150 valence electrons. The third-order valence-electron chi connectivity index (χ3n) is 4.43. The Balaban J connectivity index is 1.57. The number of nitrogens with zero attached hydrogens (tertiary/aromatic N) is 2. The molecule has 3 heterocycles. The maximum atomic E-state index is 12.8. The Bertz CT molecular complexity index is 1220. The molecule has 0 radical (unpaired) electrons. The first-order valence-corrected chi connectivity index (χ1v) is 10.1. The van der Waals surface area contributed by atoms with Crippen molar-refractivity contribution in [2.24, 2.45) is 0 Å². The van der Waals surface area contributed by atoms with Crippen LogP contribution in [-0.4, -0.2) is 28.5 Å². The molecule has 4 aromatic rings. The number of nitrogen functional groups attached to an aromatic ring is 1. The van der Waals surface area contributed by atoms with E-state index in [1.807, 2.05) is 24.3 Å². The fourth-order valence-electron chi connectivity index (χ4n) is 2.94. The summed E-state index contributed by atoms with van der Waals surface area (Å²) in [7, 11) is 0. The smallest absolute Gasteiger partial charge is 0.338 e. The van der Waals surface area contributed by atoms with Crippen molar-refractivity contribution in [1.82, 2.24) is 9.97 Å². The number of benzene rings is 1. The summed E-state index contributed by atoms with van der Waals surface area (Å²) in [6, 6.07) is 14.0. The van der Waals surface area contributed by atoms with Gasteiger partial charge in [0.1, 0.15) is 9.71 Å². The van der Waals surface area contributed by atoms with Crippen LogP contribution in [0.25, 0.3) is 21.5 Å². The standard InChI is InChI=1S/C22H18N4O3S/c1-2-29-22(28)14-3-5-15(6-4-14)25-20(27)19-18(23)16-7-8-17(26-21(16)30-19)13-9-11-24-12-10-13/h3-12H,2,23H2,1H3,(H,25,27). The molecule has 4 rings (SSSR count). The maximum Gasteiger partial charge on any atom is 0.338 e. The van der Waals surface area contributed by atoms with E-state index in [2.05, 4.69) is 15.3 Å². The van der Waals surface area contributed by atoms with Gasteiger partial charge in [-0.3, -0.25) is 9.78 Å². The molecular formula is C22H18N4O3S. The van der Waals surface area contributed by atoms with Gasteiger partial charge in [-0.1, -0.05) is 0 Å². The Morgan fingerprint density at radius 2 is 1.80 bits per heavy atom. The van der Waals surface area contributed by atoms with E-state index in [0.29, 0.717) is 33.3 Å². The Kier molecular flexibility index (Phi) is 5.40. The largest absolute Gasteiger partial charge is 0.462 e. The van der Waals surface area contributed by atoms with Crippen molar-refractivity contribution in [3.8, 4) is 11.3 Å². The summed E-state index contributed by atoms with van der Waals surface area (Å²) in [4.78, 5) is 34.2. The predicted octanol–water partition coefficient (Wildman–Crippen LogP) is 4.37. The summed E-state index contributed by atoms with van der Waals surface area (Å²) < 4.78 is 4.96. The fraction of sp³-hybridized carbons (Fsp3) is 0.0909. The van der Waals surface area contributed by atoms with Crippen molar-refractivity contribution in [2.75, 3.05) is 17.7 Å². The van der Waals surface area contributed by atoms with Gasteiger partial charge < -0.3 is 15.8 Å². The zero-order valence-corrected chi connectivity index (χ0v) is 16.9. The zero-order valence-electron chi connectivity index (χ0n) is 16.1. The average Bonchev–Trinajstić information content (AvgIpc) is 3.11. The molecule has 0 unspecified atom stereocenters. The number of esters is 1. The van der Waals surface area contributed by atoms with Crippen LogP contribution in [-0.2, 0) is 4.74 Å². The molecule has 0 saturated heterocycles. The number of rotatable bonds is 5. The molecule has 0 spiro atoms. The van der Waals surface area contributed by atoms with Crippen molar-refractivity contribution < 1.29 is 14.3 Å². The first kappa shape index (κ1) is 19.5. The van der Waals surface area contributed by atoms with Crippen LogP contribution in [0.1, 0.15) is 27.0 Å². The van der Waals surface area contributed by atoms with Crippen molar-refractivity contribution >= 4 is 44.8 Å². The minimum Gasteiger partial charge on any atom is -0.462 e. The summed E-state index contributed by atoms with van der Waals surface area (Å²) in [6.07, 6.45) is 3.41. The SMILES string of the molecule is CCOC(=O)c1ccc(NC(=O)c2sc3nc(-c4ccncc4)ccc3c2N)cc1. The summed E-state index contributed by atoms with van der Waals surface area (Å²) >= 11 is 1.24. The third kappa shape index (κ3) is 3.85. The lowest BCUT2D eigenvalue weighted by Crippen LogP contribution is -2.12. The molecule has 1 aromatic carbocycles. The minimum absolute atomic E-state index is 0.305. The van der Waals surface area contributed by atoms with E-state index in [1.54, 1.807) is 43.6 Å². The number of amides is 1. The van der Waals surface area contributed by atoms with Crippen LogP contribution in [0.5, 0.6) is 0 Å². The number of carbonyl (C=O) groups excluding carboxylic acids is 2. The number of hydrogen-bond acceptors (Lipinski definition) is 7. The minimum atomic E-state index is -0.403. The van der Waals surface area contributed by atoms with E-state index in [4.69, 9.17) is 10.5 Å². The lowest BCUT2D eigenvalue weighted by molar-refractivity contribution is 0.0526. The number of hydrogen-bond donors (Lipinski definition) is 2. The Morgan fingerprint density at radius 3 is 2.50 bits per heavy atom. The molecule has 8 heteroatoms. The highest BCUT2D eigenvalue weighted by Crippen LogP contribution is 2.34. The highest BCUT2D eigenvalue weighted by molar-refractivity contribution is 7.21. The molecule has 0 aliphatic carbocycles. The maximum absolute atomic E-state index is 12.8. The lowest BCUT2D eigenvalue weighted by Gasteiger charge is -2.06. The van der Waals surface area contributed by atoms with E-state index in [9.17, 15) is 9.59 Å². The lowest BCUT2D eigenvalue weighted by atomic mass is 10.1. The van der Waals surface area contributed by atoms with E-state index in [-0.39, 0.29) is 5.91 Å². The van der Waals surface area contributed by atoms with Gasteiger partial charge in [0.2, 0.25) is 0 Å². The molecule has 0 atom stereocenters. The number of anilines is 2. The van der Waals surface area contributed by atoms with Crippen molar-refractivity contribution in [3.05, 3.63) is 71.4 Å². The van der Waals surface area contributed by atoms with Crippen LogP contribution in [0.2, 0.25) is 0 Å². The van der Waals surface area contributed by atoms with Crippen LogP contribution in [0.3, 0.4) is 0 Å². The van der Waals surface area contributed by atoms with E-state index in [0.717, 1.165) is 16.6 Å². The van der Waals surface area contributed by atoms with E-state index >= 15 is 0 Å². The van der Waals surface area contributed by atoms with Crippen molar-refractivity contribution in [1.29, 1.82) is 0 Å². The topological polar surface area (TPSA) is 107 Å². The van der Waals surface area contributed by atoms with Crippen LogP contribution in [0, 0.1) is 0 Å². The van der Waals surface area contributed by atoms with E-state index in [1.165, 1.54) is 11.3 Å². The van der Waals surface area contributed by atoms with Crippen molar-refractivity contribution in [3.63, 3.8) is 0 Å². The van der Waals surface area contributed by atoms with E-state index < -0.39 is 5.97 Å². The Labute approximate surface area is 176 Å². The number of nitrogens with one attached hydrogen (secondary N) is 1. The fourth-order valence-corrected chi connectivity index (χ4v) is 3.93. The monoisotopic (exact) mass is 418 g/mol. The van der Waals surface area contributed by atoms with Crippen LogP contribution >= 0.6 is 11.3 Å². The second kappa shape index (κ2) is 8.30. The number of fused-ring (bicyclic) bond motifs is 1. The van der Waals surface area contributed by atoms with Gasteiger partial charge in [-0.25, -0.2) is 9.78 Å². The molecule has 0 bridgehead atoms. The van der Waals surface area contributed by atoms with Gasteiger partial charge in [0, 0.05) is 29.0 Å². The number of carbonyl (C=O) groups is 2. The number of pyridine rings is 2. The second-order valence-corrected chi connectivity index (χ2v) is 7.38. The molecule has 7 nitrogen and oxygen atoms in total. The molecule has 0 aliphatic rings. The predicted molar refractivity (Wildman–Crippen MR) is 118 cm³/mol. The van der Waals surface area contributed by atoms with Crippen LogP contribution in [0.15, 0.2) is 60.9 Å². The average molecular weight is 418 g/mol. The Hall–Kier alpha value is -3.78. The molecule has 0 aliphatic heterocycles. The normalized spacial score (nSPS) is 10.7. The molecule has 3 aromatic heterocycles. The van der Waals surface area contributed by atoms with Crippen LogP contribution in [0.4, 0.5) is 11.4 Å². The summed E-state index contributed by atoms with van der Waals surface area (Å²) in [5.74, 6) is -0.731. The first-order chi connectivity index (χ1) is 14.6. The van der Waals surface area contributed by atoms with Gasteiger partial charge >= 0.3 is 5.97 Å². The van der Waals surface area contributed by atoms with Gasteiger partial charge in [0.25, 0.3) is 5.91 Å². The highest BCUT2D eigenvalue weighted by atomic mass is 32.1. The van der Waals surface area contributed by atoms with Crippen molar-refractivity contribution in [2.45, 2.75) is 6.92 Å². The number of nitrogens with two attached hydrogens (primary N) is 1. The van der Waals surface area contributed by atoms with Gasteiger partial charge in [-0.15, -0.1) is 11.3 Å². The third-order valence-corrected chi connectivity index (χ3v) is 5.54. The summed E-state index contributed by atoms with van der Waals surface area (Å²) in [5, 5.41) is 3.54. The van der Waals surface area contributed by atoms with Gasteiger partial charge in [-0.2, -0.15) is 0 Å². The second-order valence-electron chi connectivity index (χ2n) is 6.38. The Morgan fingerprint density at radius 1 is 1.07 bits per heavy atom. The number of thiophene rings is 1. The highest BCUT2D eigenvalue weighted by Gasteiger charge is 2.18. The first-order valence-electron chi connectivity index (χ1n) is 9.24. The molecule has 0 saturated carbocycles. The zero-order chi connectivity index (χ0) is 21.1. The molecule has 0 fully saturated rings. The quantitative estimate of drug-likeness (QED) is 0.466. The number of ether oxygens (including phenoxy) is 1. The van der Waals surface area contributed by atoms with Crippen LogP contribution < -0.4 is 11.1 Å². The molecular weight excluding hydrogens is 400 g/mol. The van der Waals surface area contributed by atoms with Gasteiger partial charge in [0.05, 0.1) is 23.6 Å².